The van der Waals surface area contributed by atoms with Gasteiger partial charge in [0.2, 0.25) is 5.91 Å². The largest absolute Gasteiger partial charge is 0.341 e. The lowest BCUT2D eigenvalue weighted by Gasteiger charge is -2.17. The lowest BCUT2D eigenvalue weighted by molar-refractivity contribution is -0.129. The summed E-state index contributed by atoms with van der Waals surface area (Å²) in [4.78, 5) is 14.0. The van der Waals surface area contributed by atoms with Gasteiger partial charge < -0.3 is 10.6 Å². The number of nitrogens with two attached hydrogens (primary N) is 1. The van der Waals surface area contributed by atoms with Gasteiger partial charge >= 0.3 is 0 Å². The maximum Gasteiger partial charge on any atom is 0.227 e. The molecule has 0 radical (unpaired) electrons. The summed E-state index contributed by atoms with van der Waals surface area (Å²) in [5.41, 5.74) is 10.0. The van der Waals surface area contributed by atoms with Gasteiger partial charge in [-0.25, -0.2) is 0 Å². The molecule has 2 rings (SSSR count). The molecule has 0 fully saturated rings. The van der Waals surface area contributed by atoms with E-state index in [4.69, 9.17) is 5.73 Å². The Kier molecular flexibility index (Phi) is 5.12. The van der Waals surface area contributed by atoms with Crippen molar-refractivity contribution < 1.29 is 4.79 Å². The van der Waals surface area contributed by atoms with Gasteiger partial charge in [-0.1, -0.05) is 54.1 Å². The van der Waals surface area contributed by atoms with Gasteiger partial charge in [-0.05, 0) is 23.6 Å². The van der Waals surface area contributed by atoms with Gasteiger partial charge in [0, 0.05) is 20.1 Å². The summed E-state index contributed by atoms with van der Waals surface area (Å²) >= 11 is 0. The van der Waals surface area contributed by atoms with Gasteiger partial charge in [-0.15, -0.1) is 0 Å². The maximum atomic E-state index is 12.3. The lowest BCUT2D eigenvalue weighted by atomic mass is 10.1. The second-order valence-corrected chi connectivity index (χ2v) is 5.44. The van der Waals surface area contributed by atoms with Crippen molar-refractivity contribution in [2.45, 2.75) is 26.4 Å². The first kappa shape index (κ1) is 15.3. The Morgan fingerprint density at radius 3 is 2.33 bits per heavy atom. The minimum absolute atomic E-state index is 0.122. The minimum Gasteiger partial charge on any atom is -0.341 e. The summed E-state index contributed by atoms with van der Waals surface area (Å²) in [5.74, 6) is 0.122. The van der Waals surface area contributed by atoms with Crippen molar-refractivity contribution in [3.05, 3.63) is 70.8 Å². The average Bonchev–Trinajstić information content (AvgIpc) is 2.48. The van der Waals surface area contributed by atoms with E-state index in [0.29, 0.717) is 19.5 Å². The third-order valence-corrected chi connectivity index (χ3v) is 3.54. The molecule has 0 aromatic heterocycles. The van der Waals surface area contributed by atoms with Gasteiger partial charge in [0.15, 0.2) is 0 Å². The van der Waals surface area contributed by atoms with Crippen LogP contribution in [0.1, 0.15) is 22.3 Å². The summed E-state index contributed by atoms with van der Waals surface area (Å²) < 4.78 is 0. The monoisotopic (exact) mass is 282 g/mol. The average molecular weight is 282 g/mol. The van der Waals surface area contributed by atoms with Crippen LogP contribution in [0.4, 0.5) is 0 Å². The molecule has 0 unspecified atom stereocenters. The van der Waals surface area contributed by atoms with E-state index < -0.39 is 0 Å². The molecule has 0 atom stereocenters. The summed E-state index contributed by atoms with van der Waals surface area (Å²) in [6, 6.07) is 16.1. The third kappa shape index (κ3) is 4.43. The Hall–Kier alpha value is -2.13. The standard InChI is InChI=1S/C18H22N2O/c1-14-4-3-5-17(10-14)13-20(2)18(21)11-15-6-8-16(12-19)9-7-15/h3-10H,11-13,19H2,1-2H3. The van der Waals surface area contributed by atoms with Gasteiger partial charge in [-0.2, -0.15) is 0 Å². The zero-order chi connectivity index (χ0) is 15.2. The SMILES string of the molecule is Cc1cccc(CN(C)C(=O)Cc2ccc(CN)cc2)c1. The van der Waals surface area contributed by atoms with E-state index in [9.17, 15) is 4.79 Å². The highest BCUT2D eigenvalue weighted by Crippen LogP contribution is 2.09. The van der Waals surface area contributed by atoms with Crippen molar-refractivity contribution >= 4 is 5.91 Å². The molecule has 3 nitrogen and oxygen atoms in total. The van der Waals surface area contributed by atoms with Gasteiger partial charge in [0.05, 0.1) is 6.42 Å². The van der Waals surface area contributed by atoms with E-state index in [1.54, 1.807) is 4.90 Å². The van der Waals surface area contributed by atoms with Crippen LogP contribution in [0.5, 0.6) is 0 Å². The number of likely N-dealkylation sites (N-methyl/N-ethyl adjacent to an activating group) is 1. The molecule has 0 aliphatic rings. The second kappa shape index (κ2) is 7.04. The molecule has 21 heavy (non-hydrogen) atoms. The van der Waals surface area contributed by atoms with Gasteiger partial charge in [0.25, 0.3) is 0 Å². The fraction of sp³-hybridized carbons (Fsp3) is 0.278. The summed E-state index contributed by atoms with van der Waals surface area (Å²) in [7, 11) is 1.85. The van der Waals surface area contributed by atoms with Crippen molar-refractivity contribution in [1.82, 2.24) is 4.90 Å². The van der Waals surface area contributed by atoms with Crippen LogP contribution in [0.15, 0.2) is 48.5 Å². The van der Waals surface area contributed by atoms with Crippen molar-refractivity contribution in [1.29, 1.82) is 0 Å². The predicted molar refractivity (Wildman–Crippen MR) is 85.7 cm³/mol. The van der Waals surface area contributed by atoms with Gasteiger partial charge in [0.1, 0.15) is 0 Å². The van der Waals surface area contributed by atoms with Crippen LogP contribution in [0, 0.1) is 6.92 Å². The maximum absolute atomic E-state index is 12.3. The van der Waals surface area contributed by atoms with E-state index in [1.165, 1.54) is 5.56 Å². The number of carbonyl (C=O) groups is 1. The fourth-order valence-corrected chi connectivity index (χ4v) is 2.28. The molecule has 0 aliphatic heterocycles. The van der Waals surface area contributed by atoms with E-state index in [-0.39, 0.29) is 5.91 Å². The Morgan fingerprint density at radius 2 is 1.71 bits per heavy atom. The zero-order valence-corrected chi connectivity index (χ0v) is 12.7. The molecule has 0 aliphatic carbocycles. The van der Waals surface area contributed by atoms with E-state index in [0.717, 1.165) is 16.7 Å². The van der Waals surface area contributed by atoms with Crippen molar-refractivity contribution in [2.24, 2.45) is 5.73 Å². The molecule has 2 aromatic rings. The Bertz CT molecular complexity index is 605. The summed E-state index contributed by atoms with van der Waals surface area (Å²) in [6.45, 7) is 3.23. The first-order chi connectivity index (χ1) is 10.1. The smallest absolute Gasteiger partial charge is 0.227 e. The van der Waals surface area contributed by atoms with Crippen LogP contribution in [0.2, 0.25) is 0 Å². The molecule has 0 saturated heterocycles. The summed E-state index contributed by atoms with van der Waals surface area (Å²) in [6.07, 6.45) is 0.424. The van der Waals surface area contributed by atoms with Crippen LogP contribution in [-0.2, 0) is 24.3 Å². The van der Waals surface area contributed by atoms with Crippen LogP contribution in [0.25, 0.3) is 0 Å². The molecule has 2 N–H and O–H groups in total. The molecule has 0 saturated carbocycles. The third-order valence-electron chi connectivity index (χ3n) is 3.54. The van der Waals surface area contributed by atoms with Crippen LogP contribution >= 0.6 is 0 Å². The molecule has 3 heteroatoms. The van der Waals surface area contributed by atoms with Crippen LogP contribution < -0.4 is 5.73 Å². The summed E-state index contributed by atoms with van der Waals surface area (Å²) in [5, 5.41) is 0. The Balaban J connectivity index is 1.95. The fourth-order valence-electron chi connectivity index (χ4n) is 2.28. The number of rotatable bonds is 5. The van der Waals surface area contributed by atoms with Crippen LogP contribution in [-0.4, -0.2) is 17.9 Å². The lowest BCUT2D eigenvalue weighted by Crippen LogP contribution is -2.27. The topological polar surface area (TPSA) is 46.3 Å². The van der Waals surface area contributed by atoms with Crippen molar-refractivity contribution in [3.63, 3.8) is 0 Å². The highest BCUT2D eigenvalue weighted by atomic mass is 16.2. The Morgan fingerprint density at radius 1 is 1.05 bits per heavy atom. The van der Waals surface area contributed by atoms with Crippen LogP contribution in [0.3, 0.4) is 0 Å². The van der Waals surface area contributed by atoms with Crippen molar-refractivity contribution in [3.8, 4) is 0 Å². The number of amides is 1. The van der Waals surface area contributed by atoms with Crippen molar-refractivity contribution in [2.75, 3.05) is 7.05 Å². The minimum atomic E-state index is 0.122. The number of hydrogen-bond donors (Lipinski definition) is 1. The zero-order valence-electron chi connectivity index (χ0n) is 12.7. The molecule has 0 heterocycles. The number of benzene rings is 2. The molecule has 1 amide bonds. The first-order valence-electron chi connectivity index (χ1n) is 7.16. The molecular formula is C18H22N2O. The highest BCUT2D eigenvalue weighted by molar-refractivity contribution is 5.78. The van der Waals surface area contributed by atoms with E-state index >= 15 is 0 Å². The number of nitrogens with zero attached hydrogens (tertiary/aromatic N) is 1. The van der Waals surface area contributed by atoms with Gasteiger partial charge in [-0.3, -0.25) is 4.79 Å². The van der Waals surface area contributed by atoms with E-state index in [2.05, 4.69) is 19.1 Å². The molecule has 2 aromatic carbocycles. The number of aryl methyl sites for hydroxylation is 1. The first-order valence-corrected chi connectivity index (χ1v) is 7.16. The number of hydrogen-bond acceptors (Lipinski definition) is 2. The normalized spacial score (nSPS) is 10.4. The second-order valence-electron chi connectivity index (χ2n) is 5.44. The predicted octanol–water partition coefficient (Wildman–Crippen LogP) is 2.65. The highest BCUT2D eigenvalue weighted by Gasteiger charge is 2.10. The molecule has 110 valence electrons. The van der Waals surface area contributed by atoms with E-state index in [1.807, 2.05) is 43.4 Å². The quantitative estimate of drug-likeness (QED) is 0.916. The molecule has 0 bridgehead atoms. The Labute approximate surface area is 126 Å². The number of carbonyl (C=O) groups excluding carboxylic acids is 1. The molecular weight excluding hydrogens is 260 g/mol. The molecule has 0 spiro atoms.